The molecule has 0 heterocycles. The number of carbonyl (C=O) groups is 4. The smallest absolute Gasteiger partial charge is 0.300 e. The first-order chi connectivity index (χ1) is 8.43. The quantitative estimate of drug-likeness (QED) is 0.380. The van der Waals surface area contributed by atoms with Crippen LogP contribution in [0.15, 0.2) is 0 Å². The summed E-state index contributed by atoms with van der Waals surface area (Å²) in [6.07, 6.45) is 4.50. The van der Waals surface area contributed by atoms with E-state index < -0.39 is 23.9 Å². The highest BCUT2D eigenvalue weighted by atomic mass is 16.4. The van der Waals surface area contributed by atoms with Crippen molar-refractivity contribution in [1.29, 1.82) is 0 Å². The molecular formula is C11H28N2O8. The molecule has 130 valence electrons. The third-order valence-electron chi connectivity index (χ3n) is 0.354. The van der Waals surface area contributed by atoms with Crippen LogP contribution in [-0.2, 0) is 19.2 Å². The Morgan fingerprint density at radius 2 is 0.571 bits per heavy atom. The van der Waals surface area contributed by atoms with E-state index in [0.717, 1.165) is 27.7 Å². The molecule has 0 aromatic rings. The van der Waals surface area contributed by atoms with Crippen molar-refractivity contribution in [3.05, 3.63) is 0 Å². The first kappa shape index (κ1) is 36.4. The van der Waals surface area contributed by atoms with Crippen molar-refractivity contribution in [1.82, 2.24) is 12.3 Å². The molecule has 0 radical (unpaired) electrons. The first-order valence-electron chi connectivity index (χ1n) is 5.21. The molecule has 0 spiro atoms. The Labute approximate surface area is 124 Å². The largest absolute Gasteiger partial charge is 0.481 e. The summed E-state index contributed by atoms with van der Waals surface area (Å²) < 4.78 is 0. The van der Waals surface area contributed by atoms with E-state index in [0.29, 0.717) is 0 Å². The zero-order valence-corrected chi connectivity index (χ0v) is 13.0. The lowest BCUT2D eigenvalue weighted by molar-refractivity contribution is -0.135. The van der Waals surface area contributed by atoms with Gasteiger partial charge in [0.15, 0.2) is 0 Å². The second-order valence-corrected chi connectivity index (χ2v) is 3.14. The maximum Gasteiger partial charge on any atom is 0.300 e. The van der Waals surface area contributed by atoms with Gasteiger partial charge in [0.1, 0.15) is 0 Å². The van der Waals surface area contributed by atoms with E-state index in [4.69, 9.17) is 39.6 Å². The average molecular weight is 316 g/mol. The van der Waals surface area contributed by atoms with Crippen LogP contribution < -0.4 is 12.3 Å². The molecule has 0 saturated heterocycles. The Hall–Kier alpha value is -2.20. The monoisotopic (exact) mass is 316 g/mol. The van der Waals surface area contributed by atoms with E-state index in [1.165, 1.54) is 19.3 Å². The highest BCUT2D eigenvalue weighted by molar-refractivity contribution is 5.63. The van der Waals surface area contributed by atoms with Gasteiger partial charge in [-0.1, -0.05) is 19.3 Å². The zero-order valence-electron chi connectivity index (χ0n) is 13.0. The van der Waals surface area contributed by atoms with Crippen LogP contribution in [0.2, 0.25) is 0 Å². The number of carboxylic acid groups (broad SMARTS) is 4. The van der Waals surface area contributed by atoms with Crippen LogP contribution in [0, 0.1) is 0 Å². The van der Waals surface area contributed by atoms with Gasteiger partial charge in [-0.3, -0.25) is 19.2 Å². The second kappa shape index (κ2) is 30.7. The predicted molar refractivity (Wildman–Crippen MR) is 77.1 cm³/mol. The van der Waals surface area contributed by atoms with Gasteiger partial charge in [-0.05, 0) is 0 Å². The minimum Gasteiger partial charge on any atom is -0.481 e. The van der Waals surface area contributed by atoms with Crippen LogP contribution in [0.25, 0.3) is 0 Å². The third kappa shape index (κ3) is 3090. The molecule has 0 aromatic heterocycles. The Kier molecular flexibility index (Phi) is 53.1. The molecule has 1 fully saturated rings. The summed E-state index contributed by atoms with van der Waals surface area (Å²) in [5.41, 5.74) is 0. The lowest BCUT2D eigenvalue weighted by Crippen LogP contribution is -1.78. The minimum atomic E-state index is -0.833. The van der Waals surface area contributed by atoms with Crippen molar-refractivity contribution in [2.24, 2.45) is 0 Å². The van der Waals surface area contributed by atoms with Gasteiger partial charge in [0.2, 0.25) is 0 Å². The van der Waals surface area contributed by atoms with Gasteiger partial charge >= 0.3 is 0 Å². The molecule has 1 saturated carbocycles. The van der Waals surface area contributed by atoms with Gasteiger partial charge in [-0.15, -0.1) is 0 Å². The van der Waals surface area contributed by atoms with E-state index in [1.807, 2.05) is 0 Å². The zero-order chi connectivity index (χ0) is 16.4. The summed E-state index contributed by atoms with van der Waals surface area (Å²) in [5.74, 6) is -3.33. The fraction of sp³-hybridized carbons (Fsp3) is 0.636. The van der Waals surface area contributed by atoms with E-state index in [-0.39, 0.29) is 12.3 Å². The van der Waals surface area contributed by atoms with Crippen LogP contribution in [0.4, 0.5) is 0 Å². The standard InChI is InChI=1S/C3H6.4C2H4O2.2H3N/c1-2-3-1;4*1-2(3)4;;/h1-3H2;4*1H3,(H,3,4);2*1H3. The third-order valence-corrected chi connectivity index (χ3v) is 0.354. The number of hydrogen-bond acceptors (Lipinski definition) is 6. The van der Waals surface area contributed by atoms with Crippen molar-refractivity contribution in [3.8, 4) is 0 Å². The Morgan fingerprint density at radius 1 is 0.524 bits per heavy atom. The Bertz CT molecular complexity index is 200. The molecule has 1 aliphatic carbocycles. The van der Waals surface area contributed by atoms with Gasteiger partial charge in [0, 0.05) is 27.7 Å². The first-order valence-corrected chi connectivity index (χ1v) is 5.21. The fourth-order valence-electron chi connectivity index (χ4n) is 0. The van der Waals surface area contributed by atoms with Gasteiger partial charge in [0.05, 0.1) is 0 Å². The number of hydrogen-bond donors (Lipinski definition) is 6. The summed E-state index contributed by atoms with van der Waals surface area (Å²) >= 11 is 0. The number of aliphatic carboxylic acids is 4. The maximum absolute atomic E-state index is 9.00. The average Bonchev–Trinajstić information content (AvgIpc) is 2.80. The molecule has 0 aromatic carbocycles. The van der Waals surface area contributed by atoms with Crippen LogP contribution in [0.1, 0.15) is 47.0 Å². The van der Waals surface area contributed by atoms with E-state index in [2.05, 4.69) is 0 Å². The van der Waals surface area contributed by atoms with Crippen molar-refractivity contribution < 1.29 is 39.6 Å². The molecule has 10 nitrogen and oxygen atoms in total. The van der Waals surface area contributed by atoms with Crippen molar-refractivity contribution >= 4 is 23.9 Å². The van der Waals surface area contributed by atoms with Gasteiger partial charge < -0.3 is 32.7 Å². The van der Waals surface area contributed by atoms with Crippen molar-refractivity contribution in [2.45, 2.75) is 47.0 Å². The lowest BCUT2D eigenvalue weighted by atomic mass is 10.9. The minimum absolute atomic E-state index is 0. The highest BCUT2D eigenvalue weighted by Crippen LogP contribution is 2.14. The molecule has 0 bridgehead atoms. The van der Waals surface area contributed by atoms with Gasteiger partial charge in [-0.25, -0.2) is 0 Å². The van der Waals surface area contributed by atoms with Gasteiger partial charge in [0.25, 0.3) is 23.9 Å². The Morgan fingerprint density at radius 3 is 0.571 bits per heavy atom. The van der Waals surface area contributed by atoms with E-state index >= 15 is 0 Å². The van der Waals surface area contributed by atoms with Crippen LogP contribution in [0.3, 0.4) is 0 Å². The number of carboxylic acids is 4. The predicted octanol–water partition coefficient (Wildman–Crippen LogP) is 1.86. The molecule has 1 aliphatic rings. The molecule has 10 heteroatoms. The molecule has 1 rings (SSSR count). The summed E-state index contributed by atoms with van der Waals surface area (Å²) in [5, 5.41) is 29.7. The molecule has 0 atom stereocenters. The van der Waals surface area contributed by atoms with Gasteiger partial charge in [-0.2, -0.15) is 0 Å². The molecule has 0 aliphatic heterocycles. The summed E-state index contributed by atoms with van der Waals surface area (Å²) in [6.45, 7) is 4.33. The van der Waals surface area contributed by atoms with E-state index in [9.17, 15) is 0 Å². The second-order valence-electron chi connectivity index (χ2n) is 3.14. The van der Waals surface area contributed by atoms with Crippen molar-refractivity contribution in [2.75, 3.05) is 0 Å². The van der Waals surface area contributed by atoms with Crippen LogP contribution in [0.5, 0.6) is 0 Å². The normalized spacial score (nSPS) is 8.19. The summed E-state index contributed by atoms with van der Waals surface area (Å²) in [6, 6.07) is 0. The lowest BCUT2D eigenvalue weighted by Gasteiger charge is -1.59. The molecule has 0 amide bonds. The molecule has 10 N–H and O–H groups in total. The van der Waals surface area contributed by atoms with Crippen molar-refractivity contribution in [3.63, 3.8) is 0 Å². The fourth-order valence-corrected chi connectivity index (χ4v) is 0. The van der Waals surface area contributed by atoms with Crippen LogP contribution in [-0.4, -0.2) is 44.3 Å². The summed E-state index contributed by atoms with van der Waals surface area (Å²) in [4.78, 5) is 36.0. The van der Waals surface area contributed by atoms with E-state index in [1.54, 1.807) is 0 Å². The maximum atomic E-state index is 9.00. The molecular weight excluding hydrogens is 288 g/mol. The summed E-state index contributed by atoms with van der Waals surface area (Å²) in [7, 11) is 0. The SMILES string of the molecule is C1CC1.CC(=O)O.CC(=O)O.CC(=O)O.CC(=O)O.N.N. The molecule has 0 unspecified atom stereocenters. The Balaban J connectivity index is -0.0000000327. The van der Waals surface area contributed by atoms with Crippen LogP contribution >= 0.6 is 0 Å². The number of rotatable bonds is 0. The molecule has 21 heavy (non-hydrogen) atoms. The topological polar surface area (TPSA) is 219 Å². The highest BCUT2D eigenvalue weighted by Gasteiger charge is 1.95.